The molecule has 2 aromatic rings. The maximum absolute atomic E-state index is 13.2. The zero-order chi connectivity index (χ0) is 21.9. The molecule has 1 N–H and O–H groups in total. The third-order valence-corrected chi connectivity index (χ3v) is 6.76. The number of halogens is 1. The second-order valence-corrected chi connectivity index (χ2v) is 8.94. The van der Waals surface area contributed by atoms with Crippen LogP contribution in [0.1, 0.15) is 10.4 Å². The van der Waals surface area contributed by atoms with Gasteiger partial charge in [0.25, 0.3) is 15.9 Å². The molecule has 0 radical (unpaired) electrons. The fraction of sp³-hybridized carbons (Fsp3) is 0.389. The van der Waals surface area contributed by atoms with Gasteiger partial charge in [0.05, 0.1) is 12.7 Å². The van der Waals surface area contributed by atoms with Gasteiger partial charge in [0, 0.05) is 50.1 Å². The third-order valence-electron chi connectivity index (χ3n) is 4.68. The van der Waals surface area contributed by atoms with E-state index in [1.54, 1.807) is 12.1 Å². The van der Waals surface area contributed by atoms with Crippen molar-refractivity contribution in [3.63, 3.8) is 0 Å². The van der Waals surface area contributed by atoms with Crippen molar-refractivity contribution in [2.24, 2.45) is 7.05 Å². The predicted molar refractivity (Wildman–Crippen MR) is 110 cm³/mol. The molecule has 10 nitrogen and oxygen atoms in total. The largest absolute Gasteiger partial charge is 0.468 e. The Labute approximate surface area is 179 Å². The number of benzene rings is 1. The molecule has 1 amide bonds. The van der Waals surface area contributed by atoms with E-state index in [4.69, 9.17) is 11.6 Å². The van der Waals surface area contributed by atoms with Crippen LogP contribution in [0.15, 0.2) is 35.5 Å². The van der Waals surface area contributed by atoms with Gasteiger partial charge in [-0.25, -0.2) is 8.42 Å². The molecule has 1 fully saturated rings. The average Bonchev–Trinajstić information content (AvgIpc) is 3.15. The number of sulfonamides is 1. The van der Waals surface area contributed by atoms with Crippen LogP contribution in [-0.4, -0.2) is 74.2 Å². The molecule has 2 heterocycles. The summed E-state index contributed by atoms with van der Waals surface area (Å²) in [6.45, 7) is 1.08. The van der Waals surface area contributed by atoms with E-state index >= 15 is 0 Å². The Balaban J connectivity index is 1.74. The number of carbonyl (C=O) groups excluding carboxylic acids is 2. The Morgan fingerprint density at radius 3 is 2.40 bits per heavy atom. The first-order valence-electron chi connectivity index (χ1n) is 9.11. The van der Waals surface area contributed by atoms with E-state index < -0.39 is 21.9 Å². The van der Waals surface area contributed by atoms with Crippen molar-refractivity contribution >= 4 is 39.2 Å². The molecule has 0 spiro atoms. The Kier molecular flexibility index (Phi) is 6.64. The minimum Gasteiger partial charge on any atom is -0.468 e. The van der Waals surface area contributed by atoms with Gasteiger partial charge in [0.1, 0.15) is 6.54 Å². The van der Waals surface area contributed by atoms with Crippen LogP contribution in [0.2, 0.25) is 5.02 Å². The molecule has 1 aromatic carbocycles. The molecular formula is C18H22ClN5O5S. The van der Waals surface area contributed by atoms with Gasteiger partial charge < -0.3 is 15.0 Å². The number of aryl methyl sites for hydroxylation is 1. The first-order valence-corrected chi connectivity index (χ1v) is 10.9. The van der Waals surface area contributed by atoms with Crippen molar-refractivity contribution in [1.29, 1.82) is 0 Å². The number of anilines is 1. The predicted octanol–water partition coefficient (Wildman–Crippen LogP) is 0.487. The van der Waals surface area contributed by atoms with Crippen LogP contribution < -0.4 is 10.2 Å². The molecule has 30 heavy (non-hydrogen) atoms. The van der Waals surface area contributed by atoms with Gasteiger partial charge in [0.15, 0.2) is 0 Å². The lowest BCUT2D eigenvalue weighted by Crippen LogP contribution is -2.49. The van der Waals surface area contributed by atoms with Gasteiger partial charge in [-0.05, 0) is 24.3 Å². The number of rotatable bonds is 6. The number of nitrogens with one attached hydrogen (secondary N) is 1. The lowest BCUT2D eigenvalue weighted by molar-refractivity contribution is -0.139. The Hall–Kier alpha value is -2.63. The number of carbonyl (C=O) groups is 2. The van der Waals surface area contributed by atoms with E-state index in [-0.39, 0.29) is 30.2 Å². The highest BCUT2D eigenvalue weighted by atomic mass is 35.5. The zero-order valence-corrected chi connectivity index (χ0v) is 18.1. The van der Waals surface area contributed by atoms with Crippen LogP contribution in [0.3, 0.4) is 0 Å². The van der Waals surface area contributed by atoms with E-state index in [2.05, 4.69) is 20.1 Å². The number of nitrogens with zero attached hydrogens (tertiary/aromatic N) is 4. The number of ether oxygens (including phenoxy) is 1. The summed E-state index contributed by atoms with van der Waals surface area (Å²) in [5, 5.41) is 6.63. The minimum absolute atomic E-state index is 0.124. The van der Waals surface area contributed by atoms with Crippen molar-refractivity contribution in [3.05, 3.63) is 41.0 Å². The molecule has 0 atom stereocenters. The maximum Gasteiger partial charge on any atom is 0.325 e. The van der Waals surface area contributed by atoms with Crippen LogP contribution in [0.25, 0.3) is 0 Å². The highest BCUT2D eigenvalue weighted by molar-refractivity contribution is 7.89. The third kappa shape index (κ3) is 4.74. The maximum atomic E-state index is 13.2. The highest BCUT2D eigenvalue weighted by Crippen LogP contribution is 2.23. The standard InChI is InChI=1S/C18H22ClN5O5S/c1-22-12-15(17(26)20-11-16(25)29-2)18(21-22)30(27,28)24-9-7-23(8-10-24)14-5-3-13(19)4-6-14/h3-6,12H,7-11H2,1-2H3,(H,20,26). The van der Waals surface area contributed by atoms with Crippen LogP contribution >= 0.6 is 11.6 Å². The Bertz CT molecular complexity index is 1030. The second-order valence-electron chi connectivity index (χ2n) is 6.65. The van der Waals surface area contributed by atoms with Gasteiger partial charge in [0.2, 0.25) is 5.03 Å². The number of amides is 1. The summed E-state index contributed by atoms with van der Waals surface area (Å²) < 4.78 is 33.3. The SMILES string of the molecule is COC(=O)CNC(=O)c1cn(C)nc1S(=O)(=O)N1CCN(c2ccc(Cl)cc2)CC1. The summed E-state index contributed by atoms with van der Waals surface area (Å²) in [4.78, 5) is 25.7. The summed E-state index contributed by atoms with van der Waals surface area (Å²) in [6.07, 6.45) is 1.31. The smallest absolute Gasteiger partial charge is 0.325 e. The molecule has 1 aliphatic heterocycles. The summed E-state index contributed by atoms with van der Waals surface area (Å²) in [6, 6.07) is 7.34. The summed E-state index contributed by atoms with van der Waals surface area (Å²) in [7, 11) is -1.28. The molecule has 0 saturated carbocycles. The van der Waals surface area contributed by atoms with Crippen LogP contribution in [-0.2, 0) is 26.6 Å². The van der Waals surface area contributed by atoms with E-state index in [1.165, 1.54) is 29.3 Å². The van der Waals surface area contributed by atoms with E-state index in [0.717, 1.165) is 5.69 Å². The lowest BCUT2D eigenvalue weighted by Gasteiger charge is -2.35. The van der Waals surface area contributed by atoms with Crippen molar-refractivity contribution in [2.75, 3.05) is 44.7 Å². The molecule has 0 unspecified atom stereocenters. The summed E-state index contributed by atoms with van der Waals surface area (Å²) >= 11 is 5.92. The van der Waals surface area contributed by atoms with Crippen LogP contribution in [0.4, 0.5) is 5.69 Å². The molecule has 0 aliphatic carbocycles. The number of esters is 1. The zero-order valence-electron chi connectivity index (χ0n) is 16.5. The quantitative estimate of drug-likeness (QED) is 0.630. The molecular weight excluding hydrogens is 434 g/mol. The number of hydrogen-bond donors (Lipinski definition) is 1. The Morgan fingerprint density at radius 1 is 1.17 bits per heavy atom. The molecule has 12 heteroatoms. The normalized spacial score (nSPS) is 15.1. The monoisotopic (exact) mass is 455 g/mol. The molecule has 162 valence electrons. The van der Waals surface area contributed by atoms with Crippen molar-refractivity contribution in [1.82, 2.24) is 19.4 Å². The van der Waals surface area contributed by atoms with Gasteiger partial charge in [-0.1, -0.05) is 11.6 Å². The van der Waals surface area contributed by atoms with Gasteiger partial charge >= 0.3 is 5.97 Å². The fourth-order valence-electron chi connectivity index (χ4n) is 3.10. The number of hydrogen-bond acceptors (Lipinski definition) is 7. The van der Waals surface area contributed by atoms with Crippen molar-refractivity contribution in [3.8, 4) is 0 Å². The highest BCUT2D eigenvalue weighted by Gasteiger charge is 2.34. The van der Waals surface area contributed by atoms with E-state index in [1.807, 2.05) is 12.1 Å². The molecule has 1 aromatic heterocycles. The van der Waals surface area contributed by atoms with Gasteiger partial charge in [-0.2, -0.15) is 9.40 Å². The lowest BCUT2D eigenvalue weighted by atomic mass is 10.2. The van der Waals surface area contributed by atoms with E-state index in [9.17, 15) is 18.0 Å². The first-order chi connectivity index (χ1) is 14.2. The second kappa shape index (κ2) is 9.02. The van der Waals surface area contributed by atoms with Gasteiger partial charge in [-0.15, -0.1) is 0 Å². The van der Waals surface area contributed by atoms with Crippen molar-refractivity contribution < 1.29 is 22.7 Å². The number of aromatic nitrogens is 2. The molecule has 1 aliphatic rings. The topological polar surface area (TPSA) is 114 Å². The molecule has 1 saturated heterocycles. The number of piperazine rings is 1. The average molecular weight is 456 g/mol. The Morgan fingerprint density at radius 2 is 1.80 bits per heavy atom. The summed E-state index contributed by atoms with van der Waals surface area (Å²) in [5.74, 6) is -1.36. The molecule has 0 bridgehead atoms. The first kappa shape index (κ1) is 22.1. The fourth-order valence-corrected chi connectivity index (χ4v) is 4.76. The summed E-state index contributed by atoms with van der Waals surface area (Å²) in [5.41, 5.74) is 0.832. The van der Waals surface area contributed by atoms with Crippen LogP contribution in [0, 0.1) is 0 Å². The van der Waals surface area contributed by atoms with Crippen LogP contribution in [0.5, 0.6) is 0 Å². The number of methoxy groups -OCH3 is 1. The minimum atomic E-state index is -4.00. The van der Waals surface area contributed by atoms with Crippen molar-refractivity contribution in [2.45, 2.75) is 5.03 Å². The molecule has 3 rings (SSSR count). The van der Waals surface area contributed by atoms with Gasteiger partial charge in [-0.3, -0.25) is 14.3 Å². The van der Waals surface area contributed by atoms with E-state index in [0.29, 0.717) is 18.1 Å².